The molecule has 20 heavy (non-hydrogen) atoms. The standard InChI is InChI=1S/C12H23NO3.2C2H6/c1-9(14)11(2,3)8-12(4,5)16-7-10(15)13-6;2*1-2/h7-8H2,1-6H3,(H,13,15);2*1-2H3. The van der Waals surface area contributed by atoms with Gasteiger partial charge in [-0.3, -0.25) is 9.59 Å². The van der Waals surface area contributed by atoms with E-state index < -0.39 is 11.0 Å². The quantitative estimate of drug-likeness (QED) is 0.813. The number of rotatable bonds is 6. The summed E-state index contributed by atoms with van der Waals surface area (Å²) in [7, 11) is 1.57. The molecule has 0 aromatic heterocycles. The Balaban J connectivity index is -0.000000656. The lowest BCUT2D eigenvalue weighted by Crippen LogP contribution is -2.38. The molecule has 4 heteroatoms. The summed E-state index contributed by atoms with van der Waals surface area (Å²) >= 11 is 0. The molecule has 0 aliphatic carbocycles. The summed E-state index contributed by atoms with van der Waals surface area (Å²) in [6.07, 6.45) is 0.590. The molecule has 0 rings (SSSR count). The van der Waals surface area contributed by atoms with E-state index in [1.807, 2.05) is 55.4 Å². The number of hydrogen-bond donors (Lipinski definition) is 1. The number of nitrogens with one attached hydrogen (secondary N) is 1. The third-order valence-electron chi connectivity index (χ3n) is 2.69. The van der Waals surface area contributed by atoms with Gasteiger partial charge in [-0.2, -0.15) is 0 Å². The van der Waals surface area contributed by atoms with Gasteiger partial charge in [-0.25, -0.2) is 0 Å². The Labute approximate surface area is 125 Å². The summed E-state index contributed by atoms with van der Waals surface area (Å²) in [5.74, 6) is -0.0298. The van der Waals surface area contributed by atoms with Gasteiger partial charge >= 0.3 is 0 Å². The van der Waals surface area contributed by atoms with Crippen molar-refractivity contribution < 1.29 is 14.3 Å². The van der Waals surface area contributed by atoms with Gasteiger partial charge in [-0.05, 0) is 27.2 Å². The molecule has 0 aromatic rings. The van der Waals surface area contributed by atoms with Crippen LogP contribution in [0.5, 0.6) is 0 Å². The molecule has 0 unspecified atom stereocenters. The molecule has 0 aromatic carbocycles. The van der Waals surface area contributed by atoms with E-state index in [-0.39, 0.29) is 18.3 Å². The van der Waals surface area contributed by atoms with Crippen LogP contribution in [0.2, 0.25) is 0 Å². The lowest BCUT2D eigenvalue weighted by atomic mass is 9.79. The Morgan fingerprint density at radius 3 is 1.70 bits per heavy atom. The van der Waals surface area contributed by atoms with Gasteiger partial charge in [0.2, 0.25) is 5.91 Å². The zero-order chi connectivity index (χ0) is 17.0. The normalized spacial score (nSPS) is 10.5. The van der Waals surface area contributed by atoms with Crippen molar-refractivity contribution in [2.24, 2.45) is 5.41 Å². The summed E-state index contributed by atoms with van der Waals surface area (Å²) in [5.41, 5.74) is -0.909. The molecular weight excluding hydrogens is 254 g/mol. The average Bonchev–Trinajstić information content (AvgIpc) is 2.39. The highest BCUT2D eigenvalue weighted by Gasteiger charge is 2.33. The van der Waals surface area contributed by atoms with Crippen molar-refractivity contribution in [1.29, 1.82) is 0 Å². The first-order valence-electron chi connectivity index (χ1n) is 7.46. The first-order valence-corrected chi connectivity index (χ1v) is 7.46. The van der Waals surface area contributed by atoms with Crippen LogP contribution in [0.3, 0.4) is 0 Å². The van der Waals surface area contributed by atoms with Crippen molar-refractivity contribution in [1.82, 2.24) is 5.32 Å². The second-order valence-electron chi connectivity index (χ2n) is 5.34. The number of carbonyl (C=O) groups excluding carboxylic acids is 2. The fourth-order valence-corrected chi connectivity index (χ4v) is 1.57. The average molecular weight is 289 g/mol. The van der Waals surface area contributed by atoms with Crippen molar-refractivity contribution in [3.05, 3.63) is 0 Å². The highest BCUT2D eigenvalue weighted by atomic mass is 16.5. The van der Waals surface area contributed by atoms with Crippen LogP contribution in [-0.4, -0.2) is 30.9 Å². The van der Waals surface area contributed by atoms with Gasteiger partial charge in [0.15, 0.2) is 0 Å². The molecule has 0 saturated carbocycles. The molecule has 0 aliphatic heterocycles. The topological polar surface area (TPSA) is 55.4 Å². The van der Waals surface area contributed by atoms with E-state index in [0.29, 0.717) is 6.42 Å². The molecule has 0 atom stereocenters. The van der Waals surface area contributed by atoms with E-state index >= 15 is 0 Å². The van der Waals surface area contributed by atoms with Crippen molar-refractivity contribution in [3.63, 3.8) is 0 Å². The summed E-state index contributed by atoms with van der Waals surface area (Å²) in [5, 5.41) is 2.49. The van der Waals surface area contributed by atoms with Crippen molar-refractivity contribution in [2.45, 2.75) is 74.3 Å². The van der Waals surface area contributed by atoms with Gasteiger partial charge in [0.25, 0.3) is 0 Å². The summed E-state index contributed by atoms with van der Waals surface area (Å²) in [6, 6.07) is 0. The molecule has 4 nitrogen and oxygen atoms in total. The van der Waals surface area contributed by atoms with E-state index in [9.17, 15) is 9.59 Å². The van der Waals surface area contributed by atoms with Crippen LogP contribution in [0.15, 0.2) is 0 Å². The van der Waals surface area contributed by atoms with Gasteiger partial charge in [0, 0.05) is 12.5 Å². The SMILES string of the molecule is CC.CC.CNC(=O)COC(C)(C)CC(C)(C)C(C)=O. The Hall–Kier alpha value is -0.900. The first kappa shape index (κ1) is 24.1. The third kappa shape index (κ3) is 12.2. The Bertz CT molecular complexity index is 271. The Morgan fingerprint density at radius 2 is 1.40 bits per heavy atom. The van der Waals surface area contributed by atoms with E-state index in [1.54, 1.807) is 14.0 Å². The molecule has 122 valence electrons. The minimum Gasteiger partial charge on any atom is -0.366 e. The van der Waals surface area contributed by atoms with E-state index in [4.69, 9.17) is 4.74 Å². The molecule has 0 saturated heterocycles. The highest BCUT2D eigenvalue weighted by Crippen LogP contribution is 2.30. The maximum absolute atomic E-state index is 11.4. The monoisotopic (exact) mass is 289 g/mol. The molecule has 0 spiro atoms. The number of amides is 1. The third-order valence-corrected chi connectivity index (χ3v) is 2.69. The molecule has 1 amide bonds. The number of ether oxygens (including phenoxy) is 1. The first-order chi connectivity index (χ1) is 9.10. The Morgan fingerprint density at radius 1 is 1.00 bits per heavy atom. The smallest absolute Gasteiger partial charge is 0.245 e. The van der Waals surface area contributed by atoms with Gasteiger partial charge in [0.1, 0.15) is 12.4 Å². The van der Waals surface area contributed by atoms with Crippen molar-refractivity contribution in [3.8, 4) is 0 Å². The number of ketones is 1. The largest absolute Gasteiger partial charge is 0.366 e. The molecule has 0 heterocycles. The second-order valence-corrected chi connectivity index (χ2v) is 5.34. The molecule has 0 radical (unpaired) electrons. The summed E-state index contributed by atoms with van der Waals surface area (Å²) in [6.45, 7) is 17.2. The highest BCUT2D eigenvalue weighted by molar-refractivity contribution is 5.81. The van der Waals surface area contributed by atoms with Crippen LogP contribution in [0.1, 0.15) is 68.7 Å². The summed E-state index contributed by atoms with van der Waals surface area (Å²) < 4.78 is 5.50. The van der Waals surface area contributed by atoms with Crippen molar-refractivity contribution >= 4 is 11.7 Å². The predicted molar refractivity (Wildman–Crippen MR) is 85.9 cm³/mol. The van der Waals surface area contributed by atoms with Gasteiger partial charge in [-0.15, -0.1) is 0 Å². The Kier molecular flexibility index (Phi) is 14.3. The molecular formula is C16H35NO3. The fourth-order valence-electron chi connectivity index (χ4n) is 1.57. The van der Waals surface area contributed by atoms with E-state index in [1.165, 1.54) is 0 Å². The predicted octanol–water partition coefficient (Wildman–Crippen LogP) is 3.59. The minimum atomic E-state index is -0.484. The minimum absolute atomic E-state index is 0.0253. The number of carbonyl (C=O) groups is 2. The van der Waals surface area contributed by atoms with Crippen LogP contribution in [0.25, 0.3) is 0 Å². The van der Waals surface area contributed by atoms with Crippen LogP contribution in [-0.2, 0) is 14.3 Å². The lowest BCUT2D eigenvalue weighted by Gasteiger charge is -2.33. The van der Waals surface area contributed by atoms with Crippen LogP contribution in [0, 0.1) is 5.41 Å². The molecule has 0 aliphatic rings. The number of Topliss-reactive ketones (excluding diaryl/α,β-unsaturated/α-hetero) is 1. The molecule has 0 bridgehead atoms. The van der Waals surface area contributed by atoms with Gasteiger partial charge < -0.3 is 10.1 Å². The van der Waals surface area contributed by atoms with Crippen molar-refractivity contribution in [2.75, 3.05) is 13.7 Å². The van der Waals surface area contributed by atoms with Gasteiger partial charge in [0.05, 0.1) is 5.60 Å². The van der Waals surface area contributed by atoms with Crippen LogP contribution < -0.4 is 5.32 Å². The fraction of sp³-hybridized carbons (Fsp3) is 0.875. The molecule has 1 N–H and O–H groups in total. The molecule has 0 fully saturated rings. The zero-order valence-corrected chi connectivity index (χ0v) is 15.1. The van der Waals surface area contributed by atoms with E-state index in [0.717, 1.165) is 0 Å². The van der Waals surface area contributed by atoms with Crippen LogP contribution in [0.4, 0.5) is 0 Å². The maximum atomic E-state index is 11.4. The second kappa shape index (κ2) is 11.9. The zero-order valence-electron chi connectivity index (χ0n) is 15.1. The van der Waals surface area contributed by atoms with E-state index in [2.05, 4.69) is 5.32 Å². The number of hydrogen-bond acceptors (Lipinski definition) is 3. The van der Waals surface area contributed by atoms with Crippen LogP contribution >= 0.6 is 0 Å². The number of likely N-dealkylation sites (N-methyl/N-ethyl adjacent to an activating group) is 1. The summed E-state index contributed by atoms with van der Waals surface area (Å²) in [4.78, 5) is 22.5. The van der Waals surface area contributed by atoms with Gasteiger partial charge in [-0.1, -0.05) is 41.5 Å². The maximum Gasteiger partial charge on any atom is 0.245 e. The lowest BCUT2D eigenvalue weighted by molar-refractivity contribution is -0.136.